The third-order valence-corrected chi connectivity index (χ3v) is 2.51. The lowest BCUT2D eigenvalue weighted by atomic mass is 9.96. The molecule has 9 heteroatoms. The molecule has 0 aliphatic rings. The number of benzene rings is 1. The number of hydrogen-bond acceptors (Lipinski definition) is 3. The van der Waals surface area contributed by atoms with Gasteiger partial charge in [0.05, 0.1) is 24.2 Å². The summed E-state index contributed by atoms with van der Waals surface area (Å²) in [7, 11) is 0. The van der Waals surface area contributed by atoms with Crippen LogP contribution in [0, 0.1) is 0 Å². The van der Waals surface area contributed by atoms with Gasteiger partial charge >= 0.3 is 18.3 Å². The summed E-state index contributed by atoms with van der Waals surface area (Å²) < 4.78 is 81.6. The first-order chi connectivity index (χ1) is 9.46. The molecule has 1 aromatic rings. The molecule has 1 rings (SSSR count). The predicted molar refractivity (Wildman–Crippen MR) is 61.2 cm³/mol. The van der Waals surface area contributed by atoms with Gasteiger partial charge in [0, 0.05) is 5.69 Å². The Kier molecular flexibility index (Phi) is 4.75. The summed E-state index contributed by atoms with van der Waals surface area (Å²) in [5, 5.41) is 0. The zero-order valence-electron chi connectivity index (χ0n) is 10.7. The zero-order valence-corrected chi connectivity index (χ0v) is 10.7. The maximum absolute atomic E-state index is 12.9. The fourth-order valence-corrected chi connectivity index (χ4v) is 1.75. The summed E-state index contributed by atoms with van der Waals surface area (Å²) >= 11 is 0. The number of nitrogen functional groups attached to an aromatic ring is 1. The Balaban J connectivity index is 3.50. The Morgan fingerprint density at radius 2 is 1.52 bits per heavy atom. The summed E-state index contributed by atoms with van der Waals surface area (Å²) in [6.07, 6.45) is -11.3. The highest BCUT2D eigenvalue weighted by Crippen LogP contribution is 2.41. The Morgan fingerprint density at radius 1 is 1.10 bits per heavy atom. The van der Waals surface area contributed by atoms with Crippen LogP contribution >= 0.6 is 0 Å². The van der Waals surface area contributed by atoms with Gasteiger partial charge in [-0.25, -0.2) is 0 Å². The van der Waals surface area contributed by atoms with Crippen molar-refractivity contribution in [2.24, 2.45) is 0 Å². The summed E-state index contributed by atoms with van der Waals surface area (Å²) in [5.74, 6) is -1.18. The molecule has 0 atom stereocenters. The van der Waals surface area contributed by atoms with E-state index in [4.69, 9.17) is 5.73 Å². The van der Waals surface area contributed by atoms with Crippen molar-refractivity contribution in [2.45, 2.75) is 25.7 Å². The molecule has 0 aromatic heterocycles. The normalized spacial score (nSPS) is 12.3. The fraction of sp³-hybridized carbons (Fsp3) is 0.417. The van der Waals surface area contributed by atoms with E-state index >= 15 is 0 Å². The fourth-order valence-electron chi connectivity index (χ4n) is 1.75. The van der Waals surface area contributed by atoms with Crippen LogP contribution < -0.4 is 5.73 Å². The van der Waals surface area contributed by atoms with Crippen LogP contribution in [-0.2, 0) is 28.3 Å². The van der Waals surface area contributed by atoms with Gasteiger partial charge in [-0.05, 0) is 24.6 Å². The molecular formula is C12H11F6NO2. The Labute approximate surface area is 115 Å². The largest absolute Gasteiger partial charge is 0.466 e. The molecule has 3 nitrogen and oxygen atoms in total. The molecule has 0 aliphatic heterocycles. The van der Waals surface area contributed by atoms with Gasteiger partial charge in [-0.3, -0.25) is 4.79 Å². The van der Waals surface area contributed by atoms with Crippen molar-refractivity contribution in [3.8, 4) is 0 Å². The van der Waals surface area contributed by atoms with Crippen LogP contribution in [0.25, 0.3) is 0 Å². The first-order valence-electron chi connectivity index (χ1n) is 5.69. The van der Waals surface area contributed by atoms with Crippen molar-refractivity contribution in [3.05, 3.63) is 28.8 Å². The molecule has 0 fully saturated rings. The van der Waals surface area contributed by atoms with Gasteiger partial charge in [-0.1, -0.05) is 0 Å². The number of esters is 1. The van der Waals surface area contributed by atoms with E-state index in [-0.39, 0.29) is 6.61 Å². The second kappa shape index (κ2) is 5.82. The van der Waals surface area contributed by atoms with Gasteiger partial charge in [0.1, 0.15) is 0 Å². The van der Waals surface area contributed by atoms with Crippen LogP contribution in [0.1, 0.15) is 23.6 Å². The van der Waals surface area contributed by atoms with Crippen molar-refractivity contribution in [1.29, 1.82) is 0 Å². The minimum Gasteiger partial charge on any atom is -0.466 e. The number of anilines is 1. The van der Waals surface area contributed by atoms with Crippen LogP contribution in [-0.4, -0.2) is 12.6 Å². The van der Waals surface area contributed by atoms with Gasteiger partial charge in [0.15, 0.2) is 0 Å². The number of ether oxygens (including phenoxy) is 1. The Morgan fingerprint density at radius 3 is 1.86 bits per heavy atom. The first-order valence-corrected chi connectivity index (χ1v) is 5.69. The van der Waals surface area contributed by atoms with Crippen molar-refractivity contribution in [2.75, 3.05) is 12.3 Å². The number of halogens is 6. The zero-order chi connectivity index (χ0) is 16.4. The highest BCUT2D eigenvalue weighted by Gasteiger charge is 2.41. The Hall–Kier alpha value is -1.93. The number of carbonyl (C=O) groups is 1. The van der Waals surface area contributed by atoms with Crippen molar-refractivity contribution >= 4 is 11.7 Å². The van der Waals surface area contributed by atoms with Gasteiger partial charge in [-0.15, -0.1) is 0 Å². The molecule has 1 aromatic carbocycles. The van der Waals surface area contributed by atoms with E-state index in [2.05, 4.69) is 4.74 Å². The third-order valence-electron chi connectivity index (χ3n) is 2.51. The molecule has 0 amide bonds. The van der Waals surface area contributed by atoms with E-state index in [9.17, 15) is 31.1 Å². The molecule has 0 spiro atoms. The molecule has 21 heavy (non-hydrogen) atoms. The average molecular weight is 315 g/mol. The molecule has 0 radical (unpaired) electrons. The minimum absolute atomic E-state index is 0.156. The van der Waals surface area contributed by atoms with Gasteiger partial charge in [0.2, 0.25) is 0 Å². The summed E-state index contributed by atoms with van der Waals surface area (Å²) in [6, 6.07) is 0.730. The van der Waals surface area contributed by atoms with E-state index in [1.54, 1.807) is 0 Å². The highest BCUT2D eigenvalue weighted by molar-refractivity contribution is 5.74. The van der Waals surface area contributed by atoms with E-state index in [0.717, 1.165) is 0 Å². The van der Waals surface area contributed by atoms with Gasteiger partial charge < -0.3 is 10.5 Å². The van der Waals surface area contributed by atoms with Crippen LogP contribution in [0.15, 0.2) is 12.1 Å². The second-order valence-electron chi connectivity index (χ2n) is 4.07. The molecule has 0 bridgehead atoms. The predicted octanol–water partition coefficient (Wildman–Crippen LogP) is 3.41. The van der Waals surface area contributed by atoms with Gasteiger partial charge in [0.25, 0.3) is 0 Å². The number of hydrogen-bond donors (Lipinski definition) is 1. The van der Waals surface area contributed by atoms with Crippen molar-refractivity contribution in [1.82, 2.24) is 0 Å². The smallest absolute Gasteiger partial charge is 0.416 e. The summed E-state index contributed by atoms with van der Waals surface area (Å²) in [6.45, 7) is 1.23. The molecule has 2 N–H and O–H groups in total. The molecule has 0 aliphatic carbocycles. The van der Waals surface area contributed by atoms with E-state index in [1.165, 1.54) is 6.92 Å². The standard InChI is InChI=1S/C12H11F6NO2/c1-2-21-10(20)5-7-8(11(13,14)15)3-6(19)4-9(7)12(16,17)18/h3-4H,2,5,19H2,1H3. The average Bonchev–Trinajstić information content (AvgIpc) is 2.28. The Bertz CT molecular complexity index is 501. The maximum atomic E-state index is 12.9. The molecule has 0 saturated heterocycles. The number of alkyl halides is 6. The number of nitrogens with two attached hydrogens (primary N) is 1. The summed E-state index contributed by atoms with van der Waals surface area (Å²) in [5.41, 5.74) is 0.0215. The topological polar surface area (TPSA) is 52.3 Å². The van der Waals surface area contributed by atoms with Crippen molar-refractivity contribution in [3.63, 3.8) is 0 Å². The number of rotatable bonds is 3. The monoisotopic (exact) mass is 315 g/mol. The van der Waals surface area contributed by atoms with E-state index < -0.39 is 47.1 Å². The highest BCUT2D eigenvalue weighted by atomic mass is 19.4. The van der Waals surface area contributed by atoms with E-state index in [0.29, 0.717) is 12.1 Å². The van der Waals surface area contributed by atoms with Crippen LogP contribution in [0.4, 0.5) is 32.0 Å². The second-order valence-corrected chi connectivity index (χ2v) is 4.07. The molecule has 0 saturated carbocycles. The molecule has 0 unspecified atom stereocenters. The van der Waals surface area contributed by atoms with Gasteiger partial charge in [-0.2, -0.15) is 26.3 Å². The van der Waals surface area contributed by atoms with Crippen LogP contribution in [0.3, 0.4) is 0 Å². The lowest BCUT2D eigenvalue weighted by Gasteiger charge is -2.19. The third kappa shape index (κ3) is 4.27. The quantitative estimate of drug-likeness (QED) is 0.528. The molecular weight excluding hydrogens is 304 g/mol. The minimum atomic E-state index is -5.07. The van der Waals surface area contributed by atoms with Crippen molar-refractivity contribution < 1.29 is 35.9 Å². The molecule has 0 heterocycles. The maximum Gasteiger partial charge on any atom is 0.416 e. The van der Waals surface area contributed by atoms with E-state index in [1.807, 2.05) is 0 Å². The SMILES string of the molecule is CCOC(=O)Cc1c(C(F)(F)F)cc(N)cc1C(F)(F)F. The lowest BCUT2D eigenvalue weighted by molar-refractivity contribution is -0.146. The first kappa shape index (κ1) is 17.1. The van der Waals surface area contributed by atoms with Crippen LogP contribution in [0.5, 0.6) is 0 Å². The lowest BCUT2D eigenvalue weighted by Crippen LogP contribution is -2.20. The van der Waals surface area contributed by atoms with Crippen LogP contribution in [0.2, 0.25) is 0 Å². The summed E-state index contributed by atoms with van der Waals surface area (Å²) in [4.78, 5) is 11.3. The number of carbonyl (C=O) groups excluding carboxylic acids is 1. The molecule has 118 valence electrons.